The average molecular weight is 286 g/mol. The molecule has 2 rings (SSSR count). The van der Waals surface area contributed by atoms with Crippen molar-refractivity contribution in [2.24, 2.45) is 5.73 Å². The summed E-state index contributed by atoms with van der Waals surface area (Å²) in [5.74, 6) is 1.14. The first-order valence-electron chi connectivity index (χ1n) is 6.73. The van der Waals surface area contributed by atoms with Crippen LogP contribution in [0.15, 0.2) is 42.6 Å². The highest BCUT2D eigenvalue weighted by atomic mass is 16.5. The smallest absolute Gasteiger partial charge is 0.409 e. The number of benzene rings is 1. The molecule has 5 nitrogen and oxygen atoms in total. The Kier molecular flexibility index (Phi) is 5.15. The summed E-state index contributed by atoms with van der Waals surface area (Å²) in [5.41, 5.74) is 7.24. The predicted octanol–water partition coefficient (Wildman–Crippen LogP) is 2.72. The van der Waals surface area contributed by atoms with Crippen LogP contribution in [0.5, 0.6) is 11.6 Å². The summed E-state index contributed by atoms with van der Waals surface area (Å²) < 4.78 is 10.0. The highest BCUT2D eigenvalue weighted by Gasteiger charge is 2.04. The van der Waals surface area contributed by atoms with Gasteiger partial charge in [0.2, 0.25) is 5.88 Å². The molecule has 0 spiro atoms. The fraction of sp³-hybridized carbons (Fsp3) is 0.250. The molecule has 1 aromatic carbocycles. The maximum Gasteiger partial charge on any atom is 0.409 e. The minimum Gasteiger partial charge on any atom is -0.481 e. The van der Waals surface area contributed by atoms with E-state index in [4.69, 9.17) is 15.2 Å². The van der Waals surface area contributed by atoms with Gasteiger partial charge in [-0.25, -0.2) is 9.78 Å². The number of amides is 1. The molecule has 0 bridgehead atoms. The quantitative estimate of drug-likeness (QED) is 0.886. The SMILES string of the molecule is COc1ncccc1CCCc1ccc(OC(N)=O)cc1. The molecule has 0 atom stereocenters. The second-order valence-corrected chi connectivity index (χ2v) is 4.59. The van der Waals surface area contributed by atoms with E-state index in [1.54, 1.807) is 25.4 Å². The molecule has 1 amide bonds. The lowest BCUT2D eigenvalue weighted by Crippen LogP contribution is -2.16. The van der Waals surface area contributed by atoms with Crippen molar-refractivity contribution < 1.29 is 14.3 Å². The van der Waals surface area contributed by atoms with E-state index in [2.05, 4.69) is 4.98 Å². The lowest BCUT2D eigenvalue weighted by Gasteiger charge is -2.07. The molecule has 0 aliphatic heterocycles. The zero-order valence-corrected chi connectivity index (χ0v) is 11.9. The summed E-state index contributed by atoms with van der Waals surface area (Å²) >= 11 is 0. The number of hydrogen-bond donors (Lipinski definition) is 1. The van der Waals surface area contributed by atoms with Crippen molar-refractivity contribution in [3.63, 3.8) is 0 Å². The van der Waals surface area contributed by atoms with Crippen molar-refractivity contribution in [1.29, 1.82) is 0 Å². The molecule has 0 aliphatic rings. The molecule has 2 N–H and O–H groups in total. The highest BCUT2D eigenvalue weighted by Crippen LogP contribution is 2.18. The first-order chi connectivity index (χ1) is 10.2. The first kappa shape index (κ1) is 14.8. The van der Waals surface area contributed by atoms with Gasteiger partial charge in [-0.15, -0.1) is 0 Å². The molecule has 21 heavy (non-hydrogen) atoms. The van der Waals surface area contributed by atoms with Crippen LogP contribution < -0.4 is 15.2 Å². The second-order valence-electron chi connectivity index (χ2n) is 4.59. The topological polar surface area (TPSA) is 74.4 Å². The van der Waals surface area contributed by atoms with Crippen LogP contribution in [0.4, 0.5) is 4.79 Å². The van der Waals surface area contributed by atoms with Gasteiger partial charge in [-0.1, -0.05) is 18.2 Å². The summed E-state index contributed by atoms with van der Waals surface area (Å²) in [6.07, 6.45) is 3.73. The zero-order valence-electron chi connectivity index (χ0n) is 11.9. The van der Waals surface area contributed by atoms with E-state index < -0.39 is 6.09 Å². The van der Waals surface area contributed by atoms with Gasteiger partial charge in [0.05, 0.1) is 7.11 Å². The Morgan fingerprint density at radius 3 is 2.62 bits per heavy atom. The minimum absolute atomic E-state index is 0.458. The number of primary amides is 1. The van der Waals surface area contributed by atoms with Crippen LogP contribution in [-0.4, -0.2) is 18.2 Å². The van der Waals surface area contributed by atoms with Gasteiger partial charge in [-0.2, -0.15) is 0 Å². The summed E-state index contributed by atoms with van der Waals surface area (Å²) in [7, 11) is 1.63. The normalized spacial score (nSPS) is 10.1. The third kappa shape index (κ3) is 4.49. The van der Waals surface area contributed by atoms with E-state index in [0.717, 1.165) is 24.8 Å². The molecule has 1 aromatic heterocycles. The fourth-order valence-electron chi connectivity index (χ4n) is 2.12. The van der Waals surface area contributed by atoms with E-state index in [1.165, 1.54) is 5.56 Å². The molecule has 0 radical (unpaired) electrons. The highest BCUT2D eigenvalue weighted by molar-refractivity contribution is 5.67. The lowest BCUT2D eigenvalue weighted by molar-refractivity contribution is 0.211. The molecule has 5 heteroatoms. The van der Waals surface area contributed by atoms with Gasteiger partial charge in [0.25, 0.3) is 0 Å². The number of hydrogen-bond acceptors (Lipinski definition) is 4. The van der Waals surface area contributed by atoms with Crippen molar-refractivity contribution in [1.82, 2.24) is 4.98 Å². The Balaban J connectivity index is 1.87. The van der Waals surface area contributed by atoms with Crippen LogP contribution in [0.1, 0.15) is 17.5 Å². The first-order valence-corrected chi connectivity index (χ1v) is 6.73. The summed E-state index contributed by atoms with van der Waals surface area (Å²) in [4.78, 5) is 14.8. The molecule has 2 aromatic rings. The largest absolute Gasteiger partial charge is 0.481 e. The number of rotatable bonds is 6. The standard InChI is InChI=1S/C16H18N2O3/c1-20-15-13(6-3-11-18-15)5-2-4-12-7-9-14(10-8-12)21-16(17)19/h3,6-11H,2,4-5H2,1H3,(H2,17,19). The van der Waals surface area contributed by atoms with Crippen molar-refractivity contribution in [2.75, 3.05) is 7.11 Å². The molecule has 110 valence electrons. The number of ether oxygens (including phenoxy) is 2. The third-order valence-corrected chi connectivity index (χ3v) is 3.10. The van der Waals surface area contributed by atoms with Gasteiger partial charge in [0, 0.05) is 11.8 Å². The van der Waals surface area contributed by atoms with E-state index >= 15 is 0 Å². The van der Waals surface area contributed by atoms with Crippen LogP contribution in [-0.2, 0) is 12.8 Å². The Morgan fingerprint density at radius 1 is 1.19 bits per heavy atom. The maximum absolute atomic E-state index is 10.6. The van der Waals surface area contributed by atoms with E-state index in [1.807, 2.05) is 24.3 Å². The summed E-state index contributed by atoms with van der Waals surface area (Å²) in [5, 5.41) is 0. The van der Waals surface area contributed by atoms with Gasteiger partial charge < -0.3 is 15.2 Å². The number of carbonyl (C=O) groups excluding carboxylic acids is 1. The van der Waals surface area contributed by atoms with E-state index in [9.17, 15) is 4.79 Å². The maximum atomic E-state index is 10.6. The van der Waals surface area contributed by atoms with E-state index in [0.29, 0.717) is 11.6 Å². The number of nitrogens with zero attached hydrogens (tertiary/aromatic N) is 1. The lowest BCUT2D eigenvalue weighted by atomic mass is 10.0. The van der Waals surface area contributed by atoms with Gasteiger partial charge >= 0.3 is 6.09 Å². The number of methoxy groups -OCH3 is 1. The van der Waals surface area contributed by atoms with Crippen molar-refractivity contribution in [2.45, 2.75) is 19.3 Å². The Morgan fingerprint density at radius 2 is 1.95 bits per heavy atom. The second kappa shape index (κ2) is 7.28. The van der Waals surface area contributed by atoms with Gasteiger partial charge in [0.15, 0.2) is 0 Å². The van der Waals surface area contributed by atoms with Crippen LogP contribution in [0.2, 0.25) is 0 Å². The monoisotopic (exact) mass is 286 g/mol. The summed E-state index contributed by atoms with van der Waals surface area (Å²) in [6.45, 7) is 0. The molecule has 0 aliphatic carbocycles. The number of pyridine rings is 1. The third-order valence-electron chi connectivity index (χ3n) is 3.10. The van der Waals surface area contributed by atoms with Crippen LogP contribution in [0.25, 0.3) is 0 Å². The number of carbonyl (C=O) groups is 1. The number of aryl methyl sites for hydroxylation is 2. The molecule has 0 saturated carbocycles. The van der Waals surface area contributed by atoms with Crippen LogP contribution >= 0.6 is 0 Å². The van der Waals surface area contributed by atoms with Gasteiger partial charge in [-0.05, 0) is 43.0 Å². The number of nitrogens with two attached hydrogens (primary N) is 1. The average Bonchev–Trinajstić information content (AvgIpc) is 2.49. The fourth-order valence-corrected chi connectivity index (χ4v) is 2.12. The van der Waals surface area contributed by atoms with Crippen molar-refractivity contribution >= 4 is 6.09 Å². The van der Waals surface area contributed by atoms with Gasteiger partial charge in [-0.3, -0.25) is 0 Å². The van der Waals surface area contributed by atoms with Crippen molar-refractivity contribution in [3.05, 3.63) is 53.7 Å². The van der Waals surface area contributed by atoms with Crippen LogP contribution in [0.3, 0.4) is 0 Å². The molecule has 1 heterocycles. The molecule has 0 unspecified atom stereocenters. The summed E-state index contributed by atoms with van der Waals surface area (Å²) in [6, 6.07) is 11.3. The molecule has 0 saturated heterocycles. The molecule has 0 fully saturated rings. The molecular weight excluding hydrogens is 268 g/mol. The Labute approximate surface area is 123 Å². The molecular formula is C16H18N2O3. The van der Waals surface area contributed by atoms with Crippen LogP contribution in [0, 0.1) is 0 Å². The Hall–Kier alpha value is -2.56. The minimum atomic E-state index is -0.800. The Bertz CT molecular complexity index is 597. The van der Waals surface area contributed by atoms with Crippen molar-refractivity contribution in [3.8, 4) is 11.6 Å². The zero-order chi connectivity index (χ0) is 15.1. The number of aromatic nitrogens is 1. The van der Waals surface area contributed by atoms with Gasteiger partial charge in [0.1, 0.15) is 5.75 Å². The van der Waals surface area contributed by atoms with E-state index in [-0.39, 0.29) is 0 Å². The predicted molar refractivity (Wildman–Crippen MR) is 79.5 cm³/mol.